The number of amides is 1. The maximum atomic E-state index is 13.6. The summed E-state index contributed by atoms with van der Waals surface area (Å²) >= 11 is 1.10. The molecule has 3 heterocycles. The van der Waals surface area contributed by atoms with Gasteiger partial charge in [-0.15, -0.1) is 10.2 Å². The van der Waals surface area contributed by atoms with Crippen molar-refractivity contribution in [2.24, 2.45) is 0 Å². The van der Waals surface area contributed by atoms with Gasteiger partial charge in [-0.25, -0.2) is 0 Å². The number of carbonyl (C=O) groups is 2. The number of anilines is 1. The van der Waals surface area contributed by atoms with Crippen molar-refractivity contribution in [3.8, 4) is 5.75 Å². The first-order chi connectivity index (χ1) is 16.8. The van der Waals surface area contributed by atoms with E-state index < -0.39 is 28.4 Å². The number of aliphatic hydroxyl groups is 1. The second kappa shape index (κ2) is 8.33. The van der Waals surface area contributed by atoms with Crippen LogP contribution >= 0.6 is 11.3 Å². The van der Waals surface area contributed by atoms with Crippen LogP contribution in [0.25, 0.3) is 11.0 Å². The van der Waals surface area contributed by atoms with Crippen LogP contribution in [0.1, 0.15) is 27.2 Å². The maximum absolute atomic E-state index is 13.6. The van der Waals surface area contributed by atoms with Crippen LogP contribution in [-0.2, 0) is 4.79 Å². The third kappa shape index (κ3) is 3.60. The van der Waals surface area contributed by atoms with Crippen LogP contribution in [0.15, 0.2) is 64.3 Å². The van der Waals surface area contributed by atoms with E-state index in [1.807, 2.05) is 0 Å². The first-order valence-electron chi connectivity index (χ1n) is 10.2. The number of ketones is 1. The van der Waals surface area contributed by atoms with Crippen molar-refractivity contribution in [1.29, 1.82) is 0 Å². The van der Waals surface area contributed by atoms with E-state index in [1.54, 1.807) is 25.1 Å². The van der Waals surface area contributed by atoms with Gasteiger partial charge in [0.25, 0.3) is 11.6 Å². The zero-order chi connectivity index (χ0) is 24.9. The molecule has 1 atom stereocenters. The topological polar surface area (TPSA) is 149 Å². The number of hydrogen-bond acceptors (Lipinski definition) is 10. The summed E-state index contributed by atoms with van der Waals surface area (Å²) in [5.41, 5.74) is 0.292. The lowest BCUT2D eigenvalue weighted by molar-refractivity contribution is -0.384. The minimum atomic E-state index is -1.11. The highest BCUT2D eigenvalue weighted by Gasteiger charge is 2.46. The molecule has 11 nitrogen and oxygen atoms in total. The molecular formula is C23H16N4O7S. The minimum Gasteiger partial charge on any atom is -0.503 e. The van der Waals surface area contributed by atoms with Crippen LogP contribution in [0.4, 0.5) is 10.8 Å². The Morgan fingerprint density at radius 2 is 1.97 bits per heavy atom. The summed E-state index contributed by atoms with van der Waals surface area (Å²) in [5, 5.41) is 31.2. The number of fused-ring (bicyclic) bond motifs is 1. The van der Waals surface area contributed by atoms with Crippen LogP contribution in [0.3, 0.4) is 0 Å². The summed E-state index contributed by atoms with van der Waals surface area (Å²) in [6.07, 6.45) is 0. The van der Waals surface area contributed by atoms with Crippen molar-refractivity contribution in [2.45, 2.75) is 13.0 Å². The number of nitro groups is 1. The first kappa shape index (κ1) is 22.2. The molecule has 12 heteroatoms. The van der Waals surface area contributed by atoms with Crippen LogP contribution < -0.4 is 9.64 Å². The summed E-state index contributed by atoms with van der Waals surface area (Å²) in [5.74, 6) is -2.03. The minimum absolute atomic E-state index is 0.110. The van der Waals surface area contributed by atoms with E-state index in [4.69, 9.17) is 9.15 Å². The molecule has 1 aliphatic rings. The Morgan fingerprint density at radius 3 is 2.60 bits per heavy atom. The molecule has 0 saturated carbocycles. The number of furan rings is 1. The number of nitrogens with zero attached hydrogens (tertiary/aromatic N) is 4. The van der Waals surface area contributed by atoms with Crippen molar-refractivity contribution < 1.29 is 28.8 Å². The van der Waals surface area contributed by atoms with Gasteiger partial charge in [0.15, 0.2) is 22.9 Å². The highest BCUT2D eigenvalue weighted by Crippen LogP contribution is 2.43. The summed E-state index contributed by atoms with van der Waals surface area (Å²) in [4.78, 5) is 38.5. The average Bonchev–Trinajstić information content (AvgIpc) is 3.55. The standard InChI is InChI=1S/C23H16N4O7S/c1-11-24-25-23(35-11)26-18(12-6-8-14(9-7-12)27(31)32)17(20(29)22(26)30)19(28)16-10-13-4-3-5-15(33-2)21(13)34-16/h3-10,18,29H,1-2H3. The quantitative estimate of drug-likeness (QED) is 0.236. The van der Waals surface area contributed by atoms with Gasteiger partial charge in [0.2, 0.25) is 10.9 Å². The van der Waals surface area contributed by atoms with Crippen molar-refractivity contribution in [3.05, 3.63) is 86.3 Å². The van der Waals surface area contributed by atoms with Gasteiger partial charge in [0, 0.05) is 17.5 Å². The van der Waals surface area contributed by atoms with Gasteiger partial charge in [0.05, 0.1) is 23.6 Å². The number of hydrogen-bond donors (Lipinski definition) is 1. The second-order valence-electron chi connectivity index (χ2n) is 7.61. The third-order valence-corrected chi connectivity index (χ3v) is 6.38. The lowest BCUT2D eigenvalue weighted by Gasteiger charge is -2.23. The number of non-ortho nitro benzene ring substituents is 1. The van der Waals surface area contributed by atoms with E-state index in [2.05, 4.69) is 10.2 Å². The van der Waals surface area contributed by atoms with Crippen molar-refractivity contribution in [3.63, 3.8) is 0 Å². The molecule has 4 aromatic rings. The van der Waals surface area contributed by atoms with Crippen molar-refractivity contribution >= 4 is 44.8 Å². The number of benzene rings is 2. The molecule has 176 valence electrons. The third-order valence-electron chi connectivity index (χ3n) is 5.55. The predicted molar refractivity (Wildman–Crippen MR) is 125 cm³/mol. The molecule has 5 rings (SSSR count). The molecule has 0 bridgehead atoms. The van der Waals surface area contributed by atoms with Gasteiger partial charge >= 0.3 is 0 Å². The Balaban J connectivity index is 1.65. The fourth-order valence-corrected chi connectivity index (χ4v) is 4.67. The van der Waals surface area contributed by atoms with Gasteiger partial charge in [-0.1, -0.05) is 23.5 Å². The number of Topliss-reactive ketones (excluding diaryl/α,β-unsaturated/α-hetero) is 1. The number of methoxy groups -OCH3 is 1. The molecule has 2 aromatic heterocycles. The predicted octanol–water partition coefficient (Wildman–Crippen LogP) is 4.29. The van der Waals surface area contributed by atoms with Crippen molar-refractivity contribution in [1.82, 2.24) is 10.2 Å². The monoisotopic (exact) mass is 492 g/mol. The molecule has 0 spiro atoms. The Hall–Kier alpha value is -4.58. The van der Waals surface area contributed by atoms with Gasteiger partial charge in [0.1, 0.15) is 5.01 Å². The molecular weight excluding hydrogens is 476 g/mol. The molecule has 1 unspecified atom stereocenters. The van der Waals surface area contributed by atoms with E-state index in [9.17, 15) is 24.8 Å². The lowest BCUT2D eigenvalue weighted by atomic mass is 9.95. The first-order valence-corrected chi connectivity index (χ1v) is 11.0. The highest BCUT2D eigenvalue weighted by molar-refractivity contribution is 7.15. The Labute approximate surface area is 201 Å². The van der Waals surface area contributed by atoms with Crippen LogP contribution in [0.2, 0.25) is 0 Å². The number of ether oxygens (including phenoxy) is 1. The van der Waals surface area contributed by atoms with Gasteiger partial charge in [-0.3, -0.25) is 24.6 Å². The fraction of sp³-hybridized carbons (Fsp3) is 0.130. The molecule has 0 aliphatic carbocycles. The number of rotatable bonds is 6. The summed E-state index contributed by atoms with van der Waals surface area (Å²) in [7, 11) is 1.47. The maximum Gasteiger partial charge on any atom is 0.296 e. The van der Waals surface area contributed by atoms with E-state index in [-0.39, 0.29) is 22.2 Å². The van der Waals surface area contributed by atoms with Crippen LogP contribution in [0.5, 0.6) is 5.75 Å². The molecule has 35 heavy (non-hydrogen) atoms. The Morgan fingerprint density at radius 1 is 1.23 bits per heavy atom. The number of carbonyl (C=O) groups excluding carboxylic acids is 2. The van der Waals surface area contributed by atoms with Crippen molar-refractivity contribution in [2.75, 3.05) is 12.0 Å². The van der Waals surface area contributed by atoms with Gasteiger partial charge in [-0.2, -0.15) is 0 Å². The molecule has 2 aromatic carbocycles. The number of aromatic nitrogens is 2. The molecule has 1 aliphatic heterocycles. The molecule has 0 fully saturated rings. The smallest absolute Gasteiger partial charge is 0.296 e. The van der Waals surface area contributed by atoms with Crippen LogP contribution in [-0.4, -0.2) is 39.0 Å². The van der Waals surface area contributed by atoms with E-state index in [1.165, 1.54) is 37.4 Å². The Kier molecular flexibility index (Phi) is 5.29. The van der Waals surface area contributed by atoms with Gasteiger partial charge < -0.3 is 14.3 Å². The number of nitro benzene ring substituents is 1. The highest BCUT2D eigenvalue weighted by atomic mass is 32.1. The SMILES string of the molecule is COc1cccc2cc(C(=O)C3=C(O)C(=O)N(c4nnc(C)s4)C3c3ccc([N+](=O)[O-])cc3)oc12. The number of para-hydroxylation sites is 1. The fourth-order valence-electron chi connectivity index (χ4n) is 3.95. The molecule has 1 amide bonds. The van der Waals surface area contributed by atoms with Gasteiger partial charge in [-0.05, 0) is 36.8 Å². The summed E-state index contributed by atoms with van der Waals surface area (Å²) in [6.45, 7) is 1.70. The van der Waals surface area contributed by atoms with Crippen LogP contribution in [0, 0.1) is 17.0 Å². The lowest BCUT2D eigenvalue weighted by Crippen LogP contribution is -2.31. The summed E-state index contributed by atoms with van der Waals surface area (Å²) in [6, 6.07) is 10.9. The molecule has 0 radical (unpaired) electrons. The number of aliphatic hydroxyl groups excluding tert-OH is 1. The largest absolute Gasteiger partial charge is 0.503 e. The number of aryl methyl sites for hydroxylation is 1. The van der Waals surface area contributed by atoms with E-state index in [0.29, 0.717) is 27.3 Å². The zero-order valence-corrected chi connectivity index (χ0v) is 19.1. The van der Waals surface area contributed by atoms with E-state index >= 15 is 0 Å². The average molecular weight is 492 g/mol. The Bertz CT molecular complexity index is 1540. The molecule has 0 saturated heterocycles. The molecule has 1 N–H and O–H groups in total. The zero-order valence-electron chi connectivity index (χ0n) is 18.3. The second-order valence-corrected chi connectivity index (χ2v) is 8.77. The summed E-state index contributed by atoms with van der Waals surface area (Å²) < 4.78 is 11.0. The van der Waals surface area contributed by atoms with E-state index in [0.717, 1.165) is 16.2 Å². The normalized spacial score (nSPS) is 15.8.